The summed E-state index contributed by atoms with van der Waals surface area (Å²) in [7, 11) is 0. The number of rotatable bonds is 4. The van der Waals surface area contributed by atoms with Crippen LogP contribution in [0, 0.1) is 0 Å². The summed E-state index contributed by atoms with van der Waals surface area (Å²) < 4.78 is 0. The van der Waals surface area contributed by atoms with E-state index in [2.05, 4.69) is 32.0 Å². The molecule has 2 rings (SSSR count). The quantitative estimate of drug-likeness (QED) is 0.817. The molecule has 1 aromatic carbocycles. The summed E-state index contributed by atoms with van der Waals surface area (Å²) in [6, 6.07) is 6.54. The molecule has 0 spiro atoms. The maximum Gasteiger partial charge on any atom is 0.0544 e. The van der Waals surface area contributed by atoms with Gasteiger partial charge in [0.05, 0.1) is 5.02 Å². The Labute approximate surface area is 119 Å². The molecule has 0 aliphatic heterocycles. The van der Waals surface area contributed by atoms with Gasteiger partial charge in [-0.1, -0.05) is 44.4 Å². The Balaban J connectivity index is 2.27. The highest BCUT2D eigenvalue weighted by Crippen LogP contribution is 2.42. The zero-order chi connectivity index (χ0) is 13.2. The van der Waals surface area contributed by atoms with Crippen LogP contribution in [0.4, 0.5) is 0 Å². The fourth-order valence-electron chi connectivity index (χ4n) is 2.84. The molecule has 0 radical (unpaired) electrons. The minimum absolute atomic E-state index is 0.185. The lowest BCUT2D eigenvalue weighted by Gasteiger charge is -2.28. The lowest BCUT2D eigenvalue weighted by molar-refractivity contribution is 0.453. The Hall–Kier alpha value is -0.180. The third kappa shape index (κ3) is 2.87. The van der Waals surface area contributed by atoms with Gasteiger partial charge in [0.15, 0.2) is 0 Å². The van der Waals surface area contributed by atoms with Crippen LogP contribution in [0.5, 0.6) is 0 Å². The van der Waals surface area contributed by atoms with Crippen molar-refractivity contribution in [1.82, 2.24) is 0 Å². The maximum absolute atomic E-state index is 6.41. The number of nitrogens with two attached hydrogens (primary N) is 1. The predicted octanol–water partition coefficient (Wildman–Crippen LogP) is 4.61. The van der Waals surface area contributed by atoms with E-state index in [4.69, 9.17) is 17.3 Å². The number of halogens is 1. The monoisotopic (exact) mass is 283 g/mol. The second kappa shape index (κ2) is 5.85. The number of benzene rings is 1. The van der Waals surface area contributed by atoms with E-state index >= 15 is 0 Å². The summed E-state index contributed by atoms with van der Waals surface area (Å²) >= 11 is 8.23. The molecule has 1 fully saturated rings. The van der Waals surface area contributed by atoms with Crippen molar-refractivity contribution in [2.75, 3.05) is 6.54 Å². The average Bonchev–Trinajstić information content (AvgIpc) is 2.81. The van der Waals surface area contributed by atoms with Gasteiger partial charge in [-0.15, -0.1) is 11.8 Å². The van der Waals surface area contributed by atoms with Crippen LogP contribution < -0.4 is 5.73 Å². The van der Waals surface area contributed by atoms with Crippen LogP contribution in [0.15, 0.2) is 23.1 Å². The Bertz CT molecular complexity index is 411. The molecule has 18 heavy (non-hydrogen) atoms. The number of hydrogen-bond acceptors (Lipinski definition) is 2. The van der Waals surface area contributed by atoms with Gasteiger partial charge in [0, 0.05) is 22.1 Å². The molecule has 1 aliphatic rings. The Morgan fingerprint density at radius 2 is 2.00 bits per heavy atom. The van der Waals surface area contributed by atoms with Crippen molar-refractivity contribution in [3.8, 4) is 0 Å². The van der Waals surface area contributed by atoms with Crippen molar-refractivity contribution in [3.63, 3.8) is 0 Å². The van der Waals surface area contributed by atoms with Gasteiger partial charge in [0.1, 0.15) is 0 Å². The maximum atomic E-state index is 6.41. The SMILES string of the molecule is CC(C)Sc1ccc(C2(CN)CCCC2)cc1Cl. The molecule has 1 aromatic rings. The van der Waals surface area contributed by atoms with Crippen molar-refractivity contribution in [2.45, 2.75) is 55.1 Å². The molecule has 0 amide bonds. The molecular weight excluding hydrogens is 262 g/mol. The molecule has 0 unspecified atom stereocenters. The minimum atomic E-state index is 0.185. The molecule has 0 bridgehead atoms. The highest BCUT2D eigenvalue weighted by Gasteiger charge is 2.34. The normalized spacial score (nSPS) is 18.5. The topological polar surface area (TPSA) is 26.0 Å². The van der Waals surface area contributed by atoms with Crippen molar-refractivity contribution in [2.24, 2.45) is 5.73 Å². The van der Waals surface area contributed by atoms with Crippen molar-refractivity contribution in [3.05, 3.63) is 28.8 Å². The molecule has 2 N–H and O–H groups in total. The molecule has 1 saturated carbocycles. The van der Waals surface area contributed by atoms with E-state index in [-0.39, 0.29) is 5.41 Å². The zero-order valence-electron chi connectivity index (χ0n) is 11.2. The second-order valence-electron chi connectivity index (χ2n) is 5.50. The van der Waals surface area contributed by atoms with Gasteiger partial charge < -0.3 is 5.73 Å². The van der Waals surface area contributed by atoms with Crippen LogP contribution in [0.3, 0.4) is 0 Å². The molecule has 1 nitrogen and oxygen atoms in total. The third-order valence-electron chi connectivity index (χ3n) is 3.86. The summed E-state index contributed by atoms with van der Waals surface area (Å²) in [5.41, 5.74) is 7.54. The standard InChI is InChI=1S/C15H22ClNS/c1-11(2)18-14-6-5-12(9-13(14)16)15(10-17)7-3-4-8-15/h5-6,9,11H,3-4,7-8,10,17H2,1-2H3. The highest BCUT2D eigenvalue weighted by atomic mass is 35.5. The summed E-state index contributed by atoms with van der Waals surface area (Å²) in [6.07, 6.45) is 4.99. The molecule has 1 aliphatic carbocycles. The van der Waals surface area contributed by atoms with E-state index in [1.165, 1.54) is 36.1 Å². The smallest absolute Gasteiger partial charge is 0.0544 e. The van der Waals surface area contributed by atoms with Crippen molar-refractivity contribution >= 4 is 23.4 Å². The van der Waals surface area contributed by atoms with E-state index in [9.17, 15) is 0 Å². The summed E-state index contributed by atoms with van der Waals surface area (Å²) in [4.78, 5) is 1.18. The van der Waals surface area contributed by atoms with Crippen molar-refractivity contribution in [1.29, 1.82) is 0 Å². The van der Waals surface area contributed by atoms with Gasteiger partial charge in [0.25, 0.3) is 0 Å². The first-order chi connectivity index (χ1) is 8.57. The van der Waals surface area contributed by atoms with E-state index in [1.54, 1.807) is 0 Å². The molecule has 3 heteroatoms. The van der Waals surface area contributed by atoms with Crippen LogP contribution >= 0.6 is 23.4 Å². The molecule has 0 aromatic heterocycles. The van der Waals surface area contributed by atoms with Crippen LogP contribution in [-0.2, 0) is 5.41 Å². The highest BCUT2D eigenvalue weighted by molar-refractivity contribution is 8.00. The molecule has 0 heterocycles. The van der Waals surface area contributed by atoms with E-state index < -0.39 is 0 Å². The summed E-state index contributed by atoms with van der Waals surface area (Å²) in [5, 5.41) is 1.44. The van der Waals surface area contributed by atoms with Crippen LogP contribution in [0.25, 0.3) is 0 Å². The predicted molar refractivity (Wildman–Crippen MR) is 81.6 cm³/mol. The number of thioether (sulfide) groups is 1. The number of hydrogen-bond donors (Lipinski definition) is 1. The lowest BCUT2D eigenvalue weighted by atomic mass is 9.79. The molecule has 0 atom stereocenters. The van der Waals surface area contributed by atoms with Gasteiger partial charge >= 0.3 is 0 Å². The average molecular weight is 284 g/mol. The summed E-state index contributed by atoms with van der Waals surface area (Å²) in [5.74, 6) is 0. The zero-order valence-corrected chi connectivity index (χ0v) is 12.8. The molecular formula is C15H22ClNS. The first kappa shape index (κ1) is 14.2. The third-order valence-corrected chi connectivity index (χ3v) is 5.36. The first-order valence-electron chi connectivity index (χ1n) is 6.74. The van der Waals surface area contributed by atoms with Gasteiger partial charge in [0.2, 0.25) is 0 Å². The van der Waals surface area contributed by atoms with E-state index in [0.29, 0.717) is 5.25 Å². The van der Waals surface area contributed by atoms with Gasteiger partial charge in [-0.3, -0.25) is 0 Å². The second-order valence-corrected chi connectivity index (χ2v) is 7.53. The minimum Gasteiger partial charge on any atom is -0.330 e. The van der Waals surface area contributed by atoms with Gasteiger partial charge in [-0.25, -0.2) is 0 Å². The first-order valence-corrected chi connectivity index (χ1v) is 8.00. The fourth-order valence-corrected chi connectivity index (χ4v) is 3.98. The van der Waals surface area contributed by atoms with Crippen LogP contribution in [0.2, 0.25) is 5.02 Å². The fraction of sp³-hybridized carbons (Fsp3) is 0.600. The lowest BCUT2D eigenvalue weighted by Crippen LogP contribution is -2.31. The molecule has 100 valence electrons. The van der Waals surface area contributed by atoms with Crippen LogP contribution in [-0.4, -0.2) is 11.8 Å². The Morgan fingerprint density at radius 3 is 2.50 bits per heavy atom. The van der Waals surface area contributed by atoms with Gasteiger partial charge in [-0.05, 0) is 30.5 Å². The van der Waals surface area contributed by atoms with E-state index in [0.717, 1.165) is 11.6 Å². The Morgan fingerprint density at radius 1 is 1.33 bits per heavy atom. The van der Waals surface area contributed by atoms with E-state index in [1.807, 2.05) is 11.8 Å². The van der Waals surface area contributed by atoms with Crippen molar-refractivity contribution < 1.29 is 0 Å². The summed E-state index contributed by atoms with van der Waals surface area (Å²) in [6.45, 7) is 5.11. The molecule has 0 saturated heterocycles. The Kier molecular flexibility index (Phi) is 4.63. The van der Waals surface area contributed by atoms with Crippen LogP contribution in [0.1, 0.15) is 45.1 Å². The largest absolute Gasteiger partial charge is 0.330 e. The van der Waals surface area contributed by atoms with Gasteiger partial charge in [-0.2, -0.15) is 0 Å².